The van der Waals surface area contributed by atoms with Gasteiger partial charge in [0.2, 0.25) is 5.91 Å². The Kier molecular flexibility index (Phi) is 5.81. The van der Waals surface area contributed by atoms with Gasteiger partial charge in [0.1, 0.15) is 0 Å². The molecule has 0 aliphatic rings. The molecule has 0 radical (unpaired) electrons. The van der Waals surface area contributed by atoms with Gasteiger partial charge >= 0.3 is 5.51 Å². The maximum atomic E-state index is 12.0. The molecule has 1 aromatic carbocycles. The Labute approximate surface area is 111 Å². The highest BCUT2D eigenvalue weighted by atomic mass is 32.2. The van der Waals surface area contributed by atoms with Gasteiger partial charge in [0.25, 0.3) is 0 Å². The normalized spacial score (nSPS) is 12.8. The molecule has 0 heterocycles. The predicted octanol–water partition coefficient (Wildman–Crippen LogP) is 2.69. The van der Waals surface area contributed by atoms with Crippen molar-refractivity contribution in [3.8, 4) is 0 Å². The van der Waals surface area contributed by atoms with Crippen molar-refractivity contribution < 1.29 is 18.0 Å². The Morgan fingerprint density at radius 3 is 2.47 bits per heavy atom. The molecule has 8 heteroatoms. The number of alkyl halides is 3. The lowest BCUT2D eigenvalue weighted by Gasteiger charge is -2.11. The van der Waals surface area contributed by atoms with Crippen LogP contribution in [0.4, 0.5) is 13.2 Å². The second kappa shape index (κ2) is 7.13. The Morgan fingerprint density at radius 2 is 1.95 bits per heavy atom. The van der Waals surface area contributed by atoms with Gasteiger partial charge in [-0.25, -0.2) is 0 Å². The molecule has 0 bridgehead atoms. The molecule has 1 N–H and O–H groups in total. The van der Waals surface area contributed by atoms with Crippen molar-refractivity contribution in [1.29, 1.82) is 0 Å². The summed E-state index contributed by atoms with van der Waals surface area (Å²) >= 11 is -0.438. The van der Waals surface area contributed by atoms with Crippen molar-refractivity contribution in [3.05, 3.63) is 40.8 Å². The topological polar surface area (TPSA) is 58.5 Å². The number of benzene rings is 1. The van der Waals surface area contributed by atoms with E-state index in [1.54, 1.807) is 30.3 Å². The van der Waals surface area contributed by atoms with E-state index < -0.39 is 35.0 Å². The van der Waals surface area contributed by atoms with Gasteiger partial charge in [-0.15, -0.1) is 4.91 Å². The van der Waals surface area contributed by atoms with Crippen LogP contribution in [0, 0.1) is 4.91 Å². The number of amides is 1. The van der Waals surface area contributed by atoms with E-state index in [0.717, 1.165) is 5.56 Å². The summed E-state index contributed by atoms with van der Waals surface area (Å²) in [4.78, 5) is 21.9. The summed E-state index contributed by atoms with van der Waals surface area (Å²) < 4.78 is 35.9. The van der Waals surface area contributed by atoms with Crippen molar-refractivity contribution in [2.75, 3.05) is 5.75 Å². The summed E-state index contributed by atoms with van der Waals surface area (Å²) in [6.45, 7) is 0.141. The highest BCUT2D eigenvalue weighted by molar-refractivity contribution is 8.00. The third-order valence-electron chi connectivity index (χ3n) is 2.14. The minimum Gasteiger partial charge on any atom is -0.350 e. The zero-order valence-corrected chi connectivity index (χ0v) is 10.5. The van der Waals surface area contributed by atoms with E-state index in [1.165, 1.54) is 0 Å². The van der Waals surface area contributed by atoms with Gasteiger partial charge in [0.05, 0.1) is 0 Å². The van der Waals surface area contributed by atoms with Gasteiger partial charge in [-0.3, -0.25) is 4.79 Å². The fourth-order valence-corrected chi connectivity index (χ4v) is 1.79. The molecule has 0 spiro atoms. The van der Waals surface area contributed by atoms with Gasteiger partial charge < -0.3 is 5.32 Å². The number of halogens is 3. The Morgan fingerprint density at radius 1 is 1.32 bits per heavy atom. The maximum absolute atomic E-state index is 12.0. The first kappa shape index (κ1) is 15.5. The summed E-state index contributed by atoms with van der Waals surface area (Å²) in [5.74, 6) is -1.52. The Bertz CT molecular complexity index is 426. The zero-order chi connectivity index (χ0) is 14.3. The molecule has 1 aromatic rings. The molecule has 104 valence electrons. The van der Waals surface area contributed by atoms with Gasteiger partial charge in [0.15, 0.2) is 6.04 Å². The van der Waals surface area contributed by atoms with Crippen LogP contribution in [-0.2, 0) is 11.3 Å². The minimum absolute atomic E-state index is 0.141. The van der Waals surface area contributed by atoms with Crippen LogP contribution in [0.15, 0.2) is 35.5 Å². The molecule has 0 saturated heterocycles. The summed E-state index contributed by atoms with van der Waals surface area (Å²) in [6.07, 6.45) is 0. The molecule has 1 atom stereocenters. The number of thioether (sulfide) groups is 1. The minimum atomic E-state index is -4.48. The SMILES string of the molecule is O=N[C@@H](CSC(F)(F)F)C(=O)NCc1ccccc1. The number of hydrogen-bond acceptors (Lipinski definition) is 4. The fourth-order valence-electron chi connectivity index (χ4n) is 1.23. The van der Waals surface area contributed by atoms with Crippen LogP contribution in [0.1, 0.15) is 5.56 Å². The first-order chi connectivity index (χ1) is 8.92. The van der Waals surface area contributed by atoms with Gasteiger partial charge in [-0.2, -0.15) is 13.2 Å². The number of nitrogens with zero attached hydrogens (tertiary/aromatic N) is 1. The largest absolute Gasteiger partial charge is 0.441 e. The van der Waals surface area contributed by atoms with Crippen LogP contribution >= 0.6 is 11.8 Å². The molecule has 1 rings (SSSR count). The number of carbonyl (C=O) groups is 1. The van der Waals surface area contributed by atoms with Crippen molar-refractivity contribution >= 4 is 17.7 Å². The van der Waals surface area contributed by atoms with Crippen LogP contribution < -0.4 is 5.32 Å². The number of hydrogen-bond donors (Lipinski definition) is 1. The molecule has 0 unspecified atom stereocenters. The number of nitroso groups, excluding NO2 is 1. The van der Waals surface area contributed by atoms with Crippen molar-refractivity contribution in [3.63, 3.8) is 0 Å². The number of rotatable bonds is 6. The smallest absolute Gasteiger partial charge is 0.350 e. The molecule has 0 aliphatic heterocycles. The average molecular weight is 292 g/mol. The van der Waals surface area contributed by atoms with Crippen molar-refractivity contribution in [2.24, 2.45) is 5.18 Å². The van der Waals surface area contributed by atoms with Crippen molar-refractivity contribution in [2.45, 2.75) is 18.1 Å². The second-order valence-corrected chi connectivity index (χ2v) is 4.67. The average Bonchev–Trinajstić information content (AvgIpc) is 2.37. The van der Waals surface area contributed by atoms with E-state index >= 15 is 0 Å². The van der Waals surface area contributed by atoms with E-state index in [0.29, 0.717) is 0 Å². The molecule has 0 aliphatic carbocycles. The number of carbonyl (C=O) groups excluding carboxylic acids is 1. The fraction of sp³-hybridized carbons (Fsp3) is 0.364. The van der Waals surface area contributed by atoms with Crippen molar-refractivity contribution in [1.82, 2.24) is 5.32 Å². The highest BCUT2D eigenvalue weighted by Crippen LogP contribution is 2.30. The van der Waals surface area contributed by atoms with E-state index in [2.05, 4.69) is 10.5 Å². The lowest BCUT2D eigenvalue weighted by molar-refractivity contribution is -0.122. The van der Waals surface area contributed by atoms with E-state index in [-0.39, 0.29) is 6.54 Å². The molecule has 1 amide bonds. The summed E-state index contributed by atoms with van der Waals surface area (Å²) in [5, 5.41) is 4.79. The summed E-state index contributed by atoms with van der Waals surface area (Å²) in [7, 11) is 0. The maximum Gasteiger partial charge on any atom is 0.441 e. The lowest BCUT2D eigenvalue weighted by Crippen LogP contribution is -2.35. The number of nitrogens with one attached hydrogen (secondary N) is 1. The second-order valence-electron chi connectivity index (χ2n) is 3.58. The summed E-state index contributed by atoms with van der Waals surface area (Å²) in [6, 6.07) is 7.26. The van der Waals surface area contributed by atoms with Crippen LogP contribution in [0.2, 0.25) is 0 Å². The zero-order valence-electron chi connectivity index (χ0n) is 9.68. The third kappa shape index (κ3) is 6.23. The monoisotopic (exact) mass is 292 g/mol. The van der Waals surface area contributed by atoms with Crippen LogP contribution in [-0.4, -0.2) is 23.2 Å². The molecular weight excluding hydrogens is 281 g/mol. The molecule has 0 fully saturated rings. The molecule has 19 heavy (non-hydrogen) atoms. The standard InChI is InChI=1S/C11H11F3N2O2S/c12-11(13,14)19-7-9(16-18)10(17)15-6-8-4-2-1-3-5-8/h1-5,9H,6-7H2,(H,15,17)/t9-/m0/s1. The molecular formula is C11H11F3N2O2S. The van der Waals surface area contributed by atoms with Gasteiger partial charge in [-0.05, 0) is 17.3 Å². The lowest BCUT2D eigenvalue weighted by atomic mass is 10.2. The van der Waals surface area contributed by atoms with E-state index in [9.17, 15) is 22.9 Å². The highest BCUT2D eigenvalue weighted by Gasteiger charge is 2.32. The summed E-state index contributed by atoms with van der Waals surface area (Å²) in [5.41, 5.74) is -3.70. The first-order valence-electron chi connectivity index (χ1n) is 5.27. The molecule has 0 saturated carbocycles. The van der Waals surface area contributed by atoms with Gasteiger partial charge in [-0.1, -0.05) is 35.5 Å². The van der Waals surface area contributed by atoms with Crippen LogP contribution in [0.3, 0.4) is 0 Å². The molecule has 4 nitrogen and oxygen atoms in total. The van der Waals surface area contributed by atoms with Gasteiger partial charge in [0, 0.05) is 12.3 Å². The predicted molar refractivity (Wildman–Crippen MR) is 66.4 cm³/mol. The van der Waals surface area contributed by atoms with E-state index in [4.69, 9.17) is 0 Å². The Hall–Kier alpha value is -1.57. The first-order valence-corrected chi connectivity index (χ1v) is 6.25. The quantitative estimate of drug-likeness (QED) is 0.820. The van der Waals surface area contributed by atoms with Crippen LogP contribution in [0.5, 0.6) is 0 Å². The Balaban J connectivity index is 2.44. The third-order valence-corrected chi connectivity index (χ3v) is 2.95. The van der Waals surface area contributed by atoms with E-state index in [1.807, 2.05) is 0 Å². The molecule has 0 aromatic heterocycles. The van der Waals surface area contributed by atoms with Crippen LogP contribution in [0.25, 0.3) is 0 Å².